The van der Waals surface area contributed by atoms with E-state index in [0.717, 1.165) is 5.56 Å². The molecule has 0 saturated carbocycles. The van der Waals surface area contributed by atoms with Gasteiger partial charge in [-0.25, -0.2) is 4.99 Å². The third kappa shape index (κ3) is 6.48. The molecule has 1 aliphatic heterocycles. The lowest BCUT2D eigenvalue weighted by atomic mass is 10.1. The average Bonchev–Trinajstić information content (AvgIpc) is 3.18. The molecule has 0 atom stereocenters. The fourth-order valence-corrected chi connectivity index (χ4v) is 4.70. The van der Waals surface area contributed by atoms with Crippen molar-refractivity contribution >= 4 is 69.4 Å². The molecule has 0 spiro atoms. The summed E-state index contributed by atoms with van der Waals surface area (Å²) in [6, 6.07) is 15.9. The summed E-state index contributed by atoms with van der Waals surface area (Å²) >= 11 is 19.8. The quantitative estimate of drug-likeness (QED) is 0.287. The van der Waals surface area contributed by atoms with Crippen molar-refractivity contribution in [2.75, 3.05) is 13.7 Å². The molecule has 1 fully saturated rings. The average molecular weight is 564 g/mol. The smallest absolute Gasteiger partial charge is 0.264 e. The van der Waals surface area contributed by atoms with Crippen LogP contribution >= 0.6 is 46.6 Å². The van der Waals surface area contributed by atoms with Crippen LogP contribution in [0.5, 0.6) is 17.2 Å². The highest BCUT2D eigenvalue weighted by molar-refractivity contribution is 8.18. The van der Waals surface area contributed by atoms with Crippen molar-refractivity contribution in [3.8, 4) is 17.2 Å². The Morgan fingerprint density at radius 1 is 0.972 bits per heavy atom. The lowest BCUT2D eigenvalue weighted by Gasteiger charge is -2.15. The largest absolute Gasteiger partial charge is 0.494 e. The molecule has 186 valence electrons. The van der Waals surface area contributed by atoms with Crippen molar-refractivity contribution in [1.82, 2.24) is 5.32 Å². The molecule has 1 aliphatic rings. The number of amides is 1. The van der Waals surface area contributed by atoms with E-state index in [-0.39, 0.29) is 5.91 Å². The SMILES string of the molecule is CCOc1cc(/C=C2\SC(=Nc3cc(Cl)ccc3OC)NC2=O)cc(Cl)c1OCc1ccc(Cl)cc1. The van der Waals surface area contributed by atoms with Crippen LogP contribution in [0.15, 0.2) is 64.5 Å². The van der Waals surface area contributed by atoms with Gasteiger partial charge in [0, 0.05) is 10.0 Å². The second-order valence-corrected chi connectivity index (χ2v) is 9.79. The van der Waals surface area contributed by atoms with E-state index >= 15 is 0 Å². The summed E-state index contributed by atoms with van der Waals surface area (Å²) in [6.45, 7) is 2.58. The molecule has 3 aromatic carbocycles. The van der Waals surface area contributed by atoms with Gasteiger partial charge in [0.25, 0.3) is 5.91 Å². The van der Waals surface area contributed by atoms with Gasteiger partial charge in [-0.1, -0.05) is 46.9 Å². The van der Waals surface area contributed by atoms with Crippen molar-refractivity contribution < 1.29 is 19.0 Å². The maximum Gasteiger partial charge on any atom is 0.264 e. The van der Waals surface area contributed by atoms with Crippen LogP contribution in [0.1, 0.15) is 18.1 Å². The predicted molar refractivity (Wildman–Crippen MR) is 147 cm³/mol. The van der Waals surface area contributed by atoms with Gasteiger partial charge in [-0.05, 0) is 78.4 Å². The van der Waals surface area contributed by atoms with Gasteiger partial charge in [0.2, 0.25) is 0 Å². The van der Waals surface area contributed by atoms with Crippen LogP contribution < -0.4 is 19.5 Å². The van der Waals surface area contributed by atoms with Gasteiger partial charge in [0.15, 0.2) is 16.7 Å². The van der Waals surface area contributed by atoms with Crippen LogP contribution in [-0.4, -0.2) is 24.8 Å². The van der Waals surface area contributed by atoms with E-state index in [1.165, 1.54) is 11.8 Å². The Morgan fingerprint density at radius 3 is 2.44 bits per heavy atom. The molecule has 4 rings (SSSR count). The van der Waals surface area contributed by atoms with E-state index < -0.39 is 0 Å². The van der Waals surface area contributed by atoms with Gasteiger partial charge in [-0.15, -0.1) is 0 Å². The lowest BCUT2D eigenvalue weighted by molar-refractivity contribution is -0.115. The number of hydrogen-bond donors (Lipinski definition) is 1. The van der Waals surface area contributed by atoms with E-state index in [1.54, 1.807) is 55.7 Å². The Labute approximate surface area is 228 Å². The Bertz CT molecular complexity index is 1340. The summed E-state index contributed by atoms with van der Waals surface area (Å²) in [6.07, 6.45) is 1.72. The number of ether oxygens (including phenoxy) is 3. The van der Waals surface area contributed by atoms with Crippen molar-refractivity contribution in [3.05, 3.63) is 85.7 Å². The van der Waals surface area contributed by atoms with Crippen LogP contribution in [0.4, 0.5) is 5.69 Å². The zero-order valence-corrected chi connectivity index (χ0v) is 22.4. The highest BCUT2D eigenvalue weighted by Crippen LogP contribution is 2.39. The van der Waals surface area contributed by atoms with Crippen LogP contribution in [-0.2, 0) is 11.4 Å². The summed E-state index contributed by atoms with van der Waals surface area (Å²) in [4.78, 5) is 17.5. The zero-order valence-electron chi connectivity index (χ0n) is 19.3. The first-order valence-corrected chi connectivity index (χ1v) is 12.8. The molecule has 10 heteroatoms. The van der Waals surface area contributed by atoms with Gasteiger partial charge in [0.05, 0.1) is 23.6 Å². The van der Waals surface area contributed by atoms with Gasteiger partial charge >= 0.3 is 0 Å². The number of benzene rings is 3. The number of rotatable bonds is 8. The van der Waals surface area contributed by atoms with Crippen LogP contribution in [0, 0.1) is 0 Å². The Hall–Kier alpha value is -2.84. The molecule has 0 aromatic heterocycles. The summed E-state index contributed by atoms with van der Waals surface area (Å²) in [5.74, 6) is 1.17. The normalized spacial score (nSPS) is 15.3. The van der Waals surface area contributed by atoms with Crippen LogP contribution in [0.25, 0.3) is 6.08 Å². The fraction of sp³-hybridized carbons (Fsp3) is 0.154. The number of methoxy groups -OCH3 is 1. The molecule has 0 bridgehead atoms. The van der Waals surface area contributed by atoms with Crippen molar-refractivity contribution in [2.45, 2.75) is 13.5 Å². The summed E-state index contributed by atoms with van der Waals surface area (Å²) in [7, 11) is 1.54. The predicted octanol–water partition coefficient (Wildman–Crippen LogP) is 7.52. The van der Waals surface area contributed by atoms with Crippen LogP contribution in [0.3, 0.4) is 0 Å². The Kier molecular flexibility index (Phi) is 8.69. The maximum atomic E-state index is 12.6. The molecule has 1 heterocycles. The number of carbonyl (C=O) groups excluding carboxylic acids is 1. The zero-order chi connectivity index (χ0) is 25.7. The number of nitrogens with one attached hydrogen (secondary N) is 1. The molecule has 1 saturated heterocycles. The van der Waals surface area contributed by atoms with E-state index in [2.05, 4.69) is 10.3 Å². The number of hydrogen-bond acceptors (Lipinski definition) is 6. The maximum absolute atomic E-state index is 12.6. The molecule has 6 nitrogen and oxygen atoms in total. The fourth-order valence-electron chi connectivity index (χ4n) is 3.30. The Morgan fingerprint density at radius 2 is 1.72 bits per heavy atom. The first-order chi connectivity index (χ1) is 17.4. The number of halogens is 3. The number of carbonyl (C=O) groups is 1. The van der Waals surface area contributed by atoms with Crippen molar-refractivity contribution in [1.29, 1.82) is 0 Å². The third-order valence-electron chi connectivity index (χ3n) is 4.94. The summed E-state index contributed by atoms with van der Waals surface area (Å²) in [5, 5.41) is 4.69. The van der Waals surface area contributed by atoms with E-state index in [0.29, 0.717) is 66.9 Å². The highest BCUT2D eigenvalue weighted by Gasteiger charge is 2.25. The third-order valence-corrected chi connectivity index (χ3v) is 6.62. The molecular weight excluding hydrogens is 543 g/mol. The summed E-state index contributed by atoms with van der Waals surface area (Å²) in [5.41, 5.74) is 2.13. The van der Waals surface area contributed by atoms with Crippen molar-refractivity contribution in [2.24, 2.45) is 4.99 Å². The monoisotopic (exact) mass is 562 g/mol. The first-order valence-electron chi connectivity index (χ1n) is 10.8. The first kappa shape index (κ1) is 26.2. The second-order valence-electron chi connectivity index (χ2n) is 7.48. The molecule has 36 heavy (non-hydrogen) atoms. The second kappa shape index (κ2) is 11.9. The minimum absolute atomic E-state index is 0.281. The molecule has 3 aromatic rings. The number of thioether (sulfide) groups is 1. The van der Waals surface area contributed by atoms with Crippen molar-refractivity contribution in [3.63, 3.8) is 0 Å². The van der Waals surface area contributed by atoms with E-state index in [4.69, 9.17) is 49.0 Å². The van der Waals surface area contributed by atoms with Gasteiger partial charge in [-0.2, -0.15) is 0 Å². The molecule has 0 aliphatic carbocycles. The van der Waals surface area contributed by atoms with E-state index in [1.807, 2.05) is 19.1 Å². The van der Waals surface area contributed by atoms with Crippen LogP contribution in [0.2, 0.25) is 15.1 Å². The number of amidine groups is 1. The van der Waals surface area contributed by atoms with Gasteiger partial charge in [-0.3, -0.25) is 4.79 Å². The van der Waals surface area contributed by atoms with Gasteiger partial charge < -0.3 is 19.5 Å². The molecule has 1 N–H and O–H groups in total. The molecule has 0 radical (unpaired) electrons. The minimum atomic E-state index is -0.281. The van der Waals surface area contributed by atoms with E-state index in [9.17, 15) is 4.79 Å². The molecular formula is C26H21Cl3N2O4S. The lowest BCUT2D eigenvalue weighted by Crippen LogP contribution is -2.19. The minimum Gasteiger partial charge on any atom is -0.494 e. The number of nitrogens with zero attached hydrogens (tertiary/aromatic N) is 1. The molecule has 1 amide bonds. The summed E-state index contributed by atoms with van der Waals surface area (Å²) < 4.78 is 17.1. The van der Waals surface area contributed by atoms with Gasteiger partial charge in [0.1, 0.15) is 18.0 Å². The number of aliphatic imine (C=N–C) groups is 1. The topological polar surface area (TPSA) is 69.2 Å². The Balaban J connectivity index is 1.57. The highest BCUT2D eigenvalue weighted by atomic mass is 35.5. The molecule has 0 unspecified atom stereocenters. The standard InChI is InChI=1S/C26H21Cl3N2O4S/c1-3-34-22-11-16(10-19(29)24(22)35-14-15-4-6-17(27)7-5-15)12-23-25(32)31-26(36-23)30-20-13-18(28)8-9-21(20)33-2/h4-13H,3,14H2,1-2H3,(H,30,31,32)/b23-12-.